The fourth-order valence-electron chi connectivity index (χ4n) is 4.36. The van der Waals surface area contributed by atoms with Crippen molar-refractivity contribution < 1.29 is 9.53 Å². The SMILES string of the molecule is Cc1cccc2c1[C@@]13CCNC([B]CCC(=O)[C@@H]1O2)C3. The van der Waals surface area contributed by atoms with Gasteiger partial charge in [-0.3, -0.25) is 4.79 Å². The third kappa shape index (κ3) is 1.60. The van der Waals surface area contributed by atoms with Crippen molar-refractivity contribution in [3.8, 4) is 5.75 Å². The number of rotatable bonds is 0. The summed E-state index contributed by atoms with van der Waals surface area (Å²) in [5.41, 5.74) is 2.45. The standard InChI is InChI=1S/C16H19BNO2/c1-10-3-2-4-12-14(10)16-6-8-18-13(9-16)17-7-5-11(19)15(16)20-12/h2-4,13,15,18H,5-9H2,1H3/t13?,15-,16-/m0/s1. The van der Waals surface area contributed by atoms with E-state index < -0.39 is 0 Å². The Labute approximate surface area is 120 Å². The number of piperidine rings is 1. The van der Waals surface area contributed by atoms with E-state index in [-0.39, 0.29) is 17.3 Å². The monoisotopic (exact) mass is 268 g/mol. The number of ether oxygens (including phenoxy) is 1. The first-order chi connectivity index (χ1) is 9.71. The molecule has 3 nitrogen and oxygen atoms in total. The molecule has 1 unspecified atom stereocenters. The summed E-state index contributed by atoms with van der Waals surface area (Å²) in [6.07, 6.45) is 3.18. The number of nitrogens with one attached hydrogen (secondary N) is 1. The number of benzene rings is 1. The third-order valence-electron chi connectivity index (χ3n) is 5.18. The summed E-state index contributed by atoms with van der Waals surface area (Å²) in [5.74, 6) is 1.62. The van der Waals surface area contributed by atoms with Crippen molar-refractivity contribution in [1.82, 2.24) is 5.32 Å². The summed E-state index contributed by atoms with van der Waals surface area (Å²) in [5, 5.41) is 3.57. The largest absolute Gasteiger partial charge is 0.481 e. The zero-order valence-electron chi connectivity index (χ0n) is 11.8. The van der Waals surface area contributed by atoms with Gasteiger partial charge >= 0.3 is 0 Å². The number of carbonyl (C=O) groups excluding carboxylic acids is 1. The molecule has 1 aromatic carbocycles. The van der Waals surface area contributed by atoms with Crippen molar-refractivity contribution >= 4 is 13.1 Å². The van der Waals surface area contributed by atoms with Crippen molar-refractivity contribution in [2.75, 3.05) is 6.54 Å². The van der Waals surface area contributed by atoms with Crippen molar-refractivity contribution in [3.63, 3.8) is 0 Å². The Morgan fingerprint density at radius 3 is 3.25 bits per heavy atom. The molecule has 0 aromatic heterocycles. The van der Waals surface area contributed by atoms with Gasteiger partial charge in [0, 0.05) is 17.4 Å². The van der Waals surface area contributed by atoms with Crippen LogP contribution < -0.4 is 10.1 Å². The Morgan fingerprint density at radius 1 is 1.45 bits per heavy atom. The summed E-state index contributed by atoms with van der Waals surface area (Å²) >= 11 is 0. The molecule has 1 radical (unpaired) electrons. The molecule has 4 rings (SSSR count). The number of carbonyl (C=O) groups is 1. The highest BCUT2D eigenvalue weighted by Gasteiger charge is 2.55. The van der Waals surface area contributed by atoms with Crippen LogP contribution in [0.15, 0.2) is 18.2 Å². The Hall–Kier alpha value is -1.29. The predicted octanol–water partition coefficient (Wildman–Crippen LogP) is 1.80. The minimum Gasteiger partial charge on any atom is -0.481 e. The van der Waals surface area contributed by atoms with Crippen molar-refractivity contribution in [2.24, 2.45) is 0 Å². The average molecular weight is 268 g/mol. The molecule has 3 atom stereocenters. The lowest BCUT2D eigenvalue weighted by atomic mass is 9.53. The molecule has 1 spiro atoms. The van der Waals surface area contributed by atoms with Gasteiger partial charge in [0.1, 0.15) is 13.0 Å². The highest BCUT2D eigenvalue weighted by atomic mass is 16.5. The van der Waals surface area contributed by atoms with Gasteiger partial charge in [0.2, 0.25) is 0 Å². The summed E-state index contributed by atoms with van der Waals surface area (Å²) in [6.45, 7) is 3.10. The average Bonchev–Trinajstić information content (AvgIpc) is 2.73. The van der Waals surface area contributed by atoms with Gasteiger partial charge in [0.25, 0.3) is 0 Å². The number of ketones is 1. The van der Waals surface area contributed by atoms with E-state index in [1.54, 1.807) is 0 Å². The van der Waals surface area contributed by atoms with Crippen LogP contribution in [0.2, 0.25) is 6.32 Å². The normalized spacial score (nSPS) is 35.1. The Morgan fingerprint density at radius 2 is 2.35 bits per heavy atom. The lowest BCUT2D eigenvalue weighted by Crippen LogP contribution is -2.56. The van der Waals surface area contributed by atoms with Crippen LogP contribution in [0.5, 0.6) is 5.75 Å². The molecule has 2 bridgehead atoms. The number of aryl methyl sites for hydroxylation is 1. The van der Waals surface area contributed by atoms with E-state index in [2.05, 4.69) is 25.6 Å². The van der Waals surface area contributed by atoms with E-state index in [0.29, 0.717) is 12.4 Å². The van der Waals surface area contributed by atoms with Crippen LogP contribution in [-0.4, -0.2) is 31.7 Å². The van der Waals surface area contributed by atoms with Gasteiger partial charge in [-0.05, 0) is 43.9 Å². The highest BCUT2D eigenvalue weighted by Crippen LogP contribution is 2.51. The Kier molecular flexibility index (Phi) is 2.71. The molecule has 3 heterocycles. The zero-order valence-corrected chi connectivity index (χ0v) is 11.8. The fourth-order valence-corrected chi connectivity index (χ4v) is 4.36. The van der Waals surface area contributed by atoms with E-state index in [0.717, 1.165) is 31.5 Å². The van der Waals surface area contributed by atoms with Gasteiger partial charge in [-0.25, -0.2) is 0 Å². The van der Waals surface area contributed by atoms with E-state index in [9.17, 15) is 4.79 Å². The quantitative estimate of drug-likeness (QED) is 0.729. The first-order valence-corrected chi connectivity index (χ1v) is 7.57. The smallest absolute Gasteiger partial charge is 0.173 e. The molecule has 103 valence electrons. The molecule has 20 heavy (non-hydrogen) atoms. The van der Waals surface area contributed by atoms with E-state index in [1.807, 2.05) is 12.1 Å². The molecule has 3 aliphatic rings. The van der Waals surface area contributed by atoms with Gasteiger partial charge in [-0.15, -0.1) is 0 Å². The van der Waals surface area contributed by atoms with E-state index in [4.69, 9.17) is 4.74 Å². The van der Waals surface area contributed by atoms with Crippen molar-refractivity contribution in [3.05, 3.63) is 29.3 Å². The maximum Gasteiger partial charge on any atom is 0.173 e. The van der Waals surface area contributed by atoms with Gasteiger partial charge in [-0.2, -0.15) is 0 Å². The zero-order chi connectivity index (χ0) is 13.7. The van der Waals surface area contributed by atoms with Crippen LogP contribution in [0.4, 0.5) is 0 Å². The van der Waals surface area contributed by atoms with Crippen LogP contribution in [-0.2, 0) is 10.2 Å². The molecule has 2 saturated heterocycles. The second kappa shape index (κ2) is 4.35. The summed E-state index contributed by atoms with van der Waals surface area (Å²) < 4.78 is 6.12. The molecule has 3 aliphatic heterocycles. The molecule has 4 heteroatoms. The lowest BCUT2D eigenvalue weighted by Gasteiger charge is -2.43. The first-order valence-electron chi connectivity index (χ1n) is 7.57. The van der Waals surface area contributed by atoms with Crippen molar-refractivity contribution in [1.29, 1.82) is 0 Å². The second-order valence-electron chi connectivity index (χ2n) is 6.36. The first kappa shape index (κ1) is 12.5. The van der Waals surface area contributed by atoms with Crippen LogP contribution in [0, 0.1) is 6.92 Å². The van der Waals surface area contributed by atoms with Crippen molar-refractivity contribution in [2.45, 2.75) is 50.0 Å². The summed E-state index contributed by atoms with van der Waals surface area (Å²) in [7, 11) is 2.28. The molecule has 0 amide bonds. The van der Waals surface area contributed by atoms with Gasteiger partial charge in [0.05, 0.1) is 0 Å². The molecule has 1 aromatic rings. The summed E-state index contributed by atoms with van der Waals surface area (Å²) in [6, 6.07) is 6.19. The molecule has 0 saturated carbocycles. The fraction of sp³-hybridized carbons (Fsp3) is 0.562. The lowest BCUT2D eigenvalue weighted by molar-refractivity contribution is -0.128. The maximum atomic E-state index is 12.6. The Bertz CT molecular complexity index is 574. The molecule has 2 fully saturated rings. The topological polar surface area (TPSA) is 38.3 Å². The van der Waals surface area contributed by atoms with Crippen LogP contribution in [0.25, 0.3) is 0 Å². The van der Waals surface area contributed by atoms with Gasteiger partial charge in [0.15, 0.2) is 11.9 Å². The molecular formula is C16H19BNO2. The second-order valence-corrected chi connectivity index (χ2v) is 6.36. The van der Waals surface area contributed by atoms with Gasteiger partial charge < -0.3 is 10.1 Å². The van der Waals surface area contributed by atoms with Crippen LogP contribution in [0.3, 0.4) is 0 Å². The molecular weight excluding hydrogens is 249 g/mol. The Balaban J connectivity index is 1.89. The highest BCUT2D eigenvalue weighted by molar-refractivity contribution is 6.38. The number of hydrogen-bond donors (Lipinski definition) is 1. The van der Waals surface area contributed by atoms with E-state index in [1.165, 1.54) is 11.1 Å². The molecule has 0 aliphatic carbocycles. The predicted molar refractivity (Wildman–Crippen MR) is 78.5 cm³/mol. The van der Waals surface area contributed by atoms with Crippen LogP contribution in [0.1, 0.15) is 30.4 Å². The molecule has 1 N–H and O–H groups in total. The third-order valence-corrected chi connectivity index (χ3v) is 5.18. The minimum atomic E-state index is -0.267. The minimum absolute atomic E-state index is 0.107. The number of hydrogen-bond acceptors (Lipinski definition) is 3. The maximum absolute atomic E-state index is 12.6. The number of Topliss-reactive ketones (excluding diaryl/α,β-unsaturated/α-hetero) is 1. The summed E-state index contributed by atoms with van der Waals surface area (Å²) in [4.78, 5) is 12.6. The number of fused-ring (bicyclic) bond motifs is 2. The van der Waals surface area contributed by atoms with Gasteiger partial charge in [-0.1, -0.05) is 18.5 Å². The van der Waals surface area contributed by atoms with E-state index >= 15 is 0 Å². The van der Waals surface area contributed by atoms with Crippen LogP contribution >= 0.6 is 0 Å².